The second-order valence-corrected chi connectivity index (χ2v) is 5.18. The number of carbonyl (C=O) groups is 1. The van der Waals surface area contributed by atoms with Gasteiger partial charge < -0.3 is 9.64 Å². The topological polar surface area (TPSA) is 29.5 Å². The number of halogens is 5. The van der Waals surface area contributed by atoms with Gasteiger partial charge in [-0.25, -0.2) is 4.39 Å². The fraction of sp³-hybridized carbons (Fsp3) is 0.562. The van der Waals surface area contributed by atoms with E-state index in [4.69, 9.17) is 0 Å². The van der Waals surface area contributed by atoms with Gasteiger partial charge in [0.25, 0.3) is 5.91 Å². The average Bonchev–Trinajstić information content (AvgIpc) is 2.55. The largest absolute Gasteiger partial charge is 0.370 e. The van der Waals surface area contributed by atoms with Crippen LogP contribution in [0.1, 0.15) is 19.4 Å². The zero-order chi connectivity index (χ0) is 18.4. The lowest BCUT2D eigenvalue weighted by Crippen LogP contribution is -2.56. The van der Waals surface area contributed by atoms with Crippen LogP contribution >= 0.6 is 0 Å². The summed E-state index contributed by atoms with van der Waals surface area (Å²) >= 11 is 0. The first-order valence-corrected chi connectivity index (χ1v) is 7.47. The molecule has 0 aromatic heterocycles. The number of benzene rings is 1. The highest BCUT2D eigenvalue weighted by atomic mass is 19.3. The molecule has 1 aromatic rings. The zero-order valence-electron chi connectivity index (χ0n) is 13.4. The van der Waals surface area contributed by atoms with Crippen LogP contribution in [0.3, 0.4) is 0 Å². The van der Waals surface area contributed by atoms with E-state index in [0.717, 1.165) is 4.90 Å². The number of hydrogen-bond donors (Lipinski definition) is 0. The highest BCUT2D eigenvalue weighted by Crippen LogP contribution is 2.39. The Bertz CT molecular complexity index is 520. The summed E-state index contributed by atoms with van der Waals surface area (Å²) in [6.07, 6.45) is -3.63. The van der Waals surface area contributed by atoms with Gasteiger partial charge in [0.1, 0.15) is 6.61 Å². The molecule has 0 fully saturated rings. The molecule has 0 saturated carbocycles. The molecule has 0 radical (unpaired) electrons. The molecule has 24 heavy (non-hydrogen) atoms. The molecule has 136 valence electrons. The fourth-order valence-electron chi connectivity index (χ4n) is 2.00. The fourth-order valence-corrected chi connectivity index (χ4v) is 2.00. The number of nitrogens with zero attached hydrogens (tertiary/aromatic N) is 1. The van der Waals surface area contributed by atoms with E-state index >= 15 is 0 Å². The maximum atomic E-state index is 13.8. The van der Waals surface area contributed by atoms with Crippen molar-refractivity contribution in [2.75, 3.05) is 19.7 Å². The van der Waals surface area contributed by atoms with Crippen molar-refractivity contribution in [3.05, 3.63) is 35.9 Å². The second kappa shape index (κ2) is 8.41. The molecular weight excluding hydrogens is 333 g/mol. The summed E-state index contributed by atoms with van der Waals surface area (Å²) < 4.78 is 73.3. The number of amides is 1. The van der Waals surface area contributed by atoms with Crippen molar-refractivity contribution in [2.45, 2.75) is 38.5 Å². The predicted octanol–water partition coefficient (Wildman–Crippen LogP) is 3.68. The van der Waals surface area contributed by atoms with Gasteiger partial charge in [-0.3, -0.25) is 4.79 Å². The lowest BCUT2D eigenvalue weighted by Gasteiger charge is -2.30. The molecule has 1 rings (SSSR count). The zero-order valence-corrected chi connectivity index (χ0v) is 13.4. The van der Waals surface area contributed by atoms with E-state index in [0.29, 0.717) is 5.56 Å². The van der Waals surface area contributed by atoms with E-state index in [9.17, 15) is 26.7 Å². The Morgan fingerprint density at radius 3 is 2.17 bits per heavy atom. The van der Waals surface area contributed by atoms with E-state index in [-0.39, 0.29) is 19.7 Å². The summed E-state index contributed by atoms with van der Waals surface area (Å²) in [5.74, 6) is -11.6. The summed E-state index contributed by atoms with van der Waals surface area (Å²) in [5, 5.41) is 0. The Balaban J connectivity index is 2.73. The first-order chi connectivity index (χ1) is 11.2. The van der Waals surface area contributed by atoms with Gasteiger partial charge in [0.2, 0.25) is 6.17 Å². The van der Waals surface area contributed by atoms with Gasteiger partial charge in [-0.05, 0) is 19.4 Å². The highest BCUT2D eigenvalue weighted by molar-refractivity contribution is 5.82. The van der Waals surface area contributed by atoms with Gasteiger partial charge in [-0.2, -0.15) is 17.6 Å². The standard InChI is InChI=1S/C16H20F5NO2/c1-3-22(4-2)14(23)13(17)16(20,21)15(18,19)11-24-10-12-8-6-5-7-9-12/h5-9,13H,3-4,10-11H2,1-2H3. The summed E-state index contributed by atoms with van der Waals surface area (Å²) in [4.78, 5) is 12.3. The van der Waals surface area contributed by atoms with Crippen molar-refractivity contribution in [2.24, 2.45) is 0 Å². The number of hydrogen-bond acceptors (Lipinski definition) is 2. The maximum absolute atomic E-state index is 13.8. The third-order valence-corrected chi connectivity index (χ3v) is 3.49. The molecule has 0 N–H and O–H groups in total. The smallest absolute Gasteiger partial charge is 0.352 e. The third kappa shape index (κ3) is 4.66. The van der Waals surface area contributed by atoms with Gasteiger partial charge in [-0.1, -0.05) is 30.3 Å². The summed E-state index contributed by atoms with van der Waals surface area (Å²) in [5.41, 5.74) is 0.507. The van der Waals surface area contributed by atoms with Gasteiger partial charge in [0.15, 0.2) is 0 Å². The molecule has 8 heteroatoms. The first-order valence-electron chi connectivity index (χ1n) is 7.47. The minimum absolute atomic E-state index is 0.0537. The van der Waals surface area contributed by atoms with Crippen LogP contribution < -0.4 is 0 Å². The monoisotopic (exact) mass is 353 g/mol. The van der Waals surface area contributed by atoms with Crippen LogP contribution in [0.2, 0.25) is 0 Å². The quantitative estimate of drug-likeness (QED) is 0.634. The van der Waals surface area contributed by atoms with Crippen LogP contribution in [0.4, 0.5) is 22.0 Å². The lowest BCUT2D eigenvalue weighted by atomic mass is 10.1. The molecule has 1 aromatic carbocycles. The van der Waals surface area contributed by atoms with E-state index in [1.807, 2.05) is 0 Å². The Morgan fingerprint density at radius 2 is 1.67 bits per heavy atom. The molecule has 0 heterocycles. The molecule has 3 nitrogen and oxygen atoms in total. The van der Waals surface area contributed by atoms with Crippen molar-refractivity contribution < 1.29 is 31.5 Å². The van der Waals surface area contributed by atoms with Gasteiger partial charge in [0, 0.05) is 13.1 Å². The molecule has 0 aliphatic rings. The molecule has 0 saturated heterocycles. The van der Waals surface area contributed by atoms with Crippen molar-refractivity contribution in [3.8, 4) is 0 Å². The second-order valence-electron chi connectivity index (χ2n) is 5.18. The minimum Gasteiger partial charge on any atom is -0.370 e. The van der Waals surface area contributed by atoms with Crippen molar-refractivity contribution >= 4 is 5.91 Å². The Labute approximate surface area is 137 Å². The lowest BCUT2D eigenvalue weighted by molar-refractivity contribution is -0.257. The summed E-state index contributed by atoms with van der Waals surface area (Å²) in [6, 6.07) is 8.09. The van der Waals surface area contributed by atoms with E-state index in [2.05, 4.69) is 4.74 Å². The molecule has 0 bridgehead atoms. The van der Waals surface area contributed by atoms with Crippen LogP contribution in [0.5, 0.6) is 0 Å². The SMILES string of the molecule is CCN(CC)C(=O)C(F)C(F)(F)C(F)(F)COCc1ccccc1. The van der Waals surface area contributed by atoms with Crippen LogP contribution in [-0.2, 0) is 16.1 Å². The van der Waals surface area contributed by atoms with Gasteiger partial charge in [0.05, 0.1) is 6.61 Å². The maximum Gasteiger partial charge on any atom is 0.352 e. The van der Waals surface area contributed by atoms with Crippen LogP contribution in [0, 0.1) is 0 Å². The Morgan fingerprint density at radius 1 is 1.12 bits per heavy atom. The molecule has 0 spiro atoms. The highest BCUT2D eigenvalue weighted by Gasteiger charge is 2.64. The molecule has 0 aliphatic heterocycles. The molecule has 1 amide bonds. The number of ether oxygens (including phenoxy) is 1. The molecular formula is C16H20F5NO2. The first kappa shape index (κ1) is 20.3. The molecule has 1 unspecified atom stereocenters. The van der Waals surface area contributed by atoms with Gasteiger partial charge in [-0.15, -0.1) is 0 Å². The number of alkyl halides is 5. The van der Waals surface area contributed by atoms with Crippen molar-refractivity contribution in [1.29, 1.82) is 0 Å². The summed E-state index contributed by atoms with van der Waals surface area (Å²) in [7, 11) is 0. The number of rotatable bonds is 9. The number of carbonyl (C=O) groups excluding carboxylic acids is 1. The van der Waals surface area contributed by atoms with E-state index in [1.54, 1.807) is 30.3 Å². The predicted molar refractivity (Wildman–Crippen MR) is 78.8 cm³/mol. The Kier molecular flexibility index (Phi) is 7.13. The van der Waals surface area contributed by atoms with Crippen LogP contribution in [0.15, 0.2) is 30.3 Å². The van der Waals surface area contributed by atoms with Crippen LogP contribution in [-0.4, -0.2) is 48.5 Å². The van der Waals surface area contributed by atoms with Crippen LogP contribution in [0.25, 0.3) is 0 Å². The minimum atomic E-state index is -5.16. The average molecular weight is 353 g/mol. The van der Waals surface area contributed by atoms with Crippen molar-refractivity contribution in [1.82, 2.24) is 4.90 Å². The molecule has 1 atom stereocenters. The third-order valence-electron chi connectivity index (χ3n) is 3.49. The summed E-state index contributed by atoms with van der Waals surface area (Å²) in [6.45, 7) is 0.749. The van der Waals surface area contributed by atoms with Gasteiger partial charge >= 0.3 is 11.8 Å². The Hall–Kier alpha value is -1.70. The van der Waals surface area contributed by atoms with E-state index in [1.165, 1.54) is 13.8 Å². The van der Waals surface area contributed by atoms with Crippen molar-refractivity contribution in [3.63, 3.8) is 0 Å². The molecule has 0 aliphatic carbocycles. The van der Waals surface area contributed by atoms with E-state index < -0.39 is 30.5 Å². The normalized spacial score (nSPS) is 13.6.